The highest BCUT2D eigenvalue weighted by Gasteiger charge is 2.47. The third kappa shape index (κ3) is 8.16. The van der Waals surface area contributed by atoms with Crippen LogP contribution in [0, 0.1) is 5.92 Å². The van der Waals surface area contributed by atoms with Crippen molar-refractivity contribution >= 4 is 11.8 Å². The molecule has 3 aromatic rings. The van der Waals surface area contributed by atoms with Crippen molar-refractivity contribution in [1.29, 1.82) is 0 Å². The standard InChI is InChI=1S/C37H42F3N3O6/c1-24-32(22-42-17-19-47-20-18-42)48-35(49-33(24)27-10-8-25(23-44)9-11-27)28-14-12-26(13-15-28)30-6-3-2-5-29(30)21-41-34(45)31-7-4-16-43(31)36(46)37(38,39)40/h2-3,5-6,8-15,24,31-33,35,44H,4,7,16-23H2,1H3,(H,41,45). The molecule has 3 aliphatic rings. The van der Waals surface area contributed by atoms with Gasteiger partial charge in [-0.1, -0.05) is 79.7 Å². The van der Waals surface area contributed by atoms with Crippen molar-refractivity contribution in [2.24, 2.45) is 5.92 Å². The van der Waals surface area contributed by atoms with E-state index in [0.29, 0.717) is 24.5 Å². The number of aliphatic hydroxyl groups excluding tert-OH is 1. The van der Waals surface area contributed by atoms with Gasteiger partial charge in [0.25, 0.3) is 0 Å². The van der Waals surface area contributed by atoms with Crippen LogP contribution in [0.5, 0.6) is 0 Å². The van der Waals surface area contributed by atoms with Crippen LogP contribution in [-0.2, 0) is 37.0 Å². The van der Waals surface area contributed by atoms with Gasteiger partial charge in [-0.2, -0.15) is 13.2 Å². The summed E-state index contributed by atoms with van der Waals surface area (Å²) in [5.41, 5.74) is 5.22. The van der Waals surface area contributed by atoms with E-state index in [1.807, 2.05) is 72.8 Å². The van der Waals surface area contributed by atoms with Crippen LogP contribution in [-0.4, -0.2) is 84.4 Å². The first-order valence-corrected chi connectivity index (χ1v) is 16.8. The predicted molar refractivity (Wildman–Crippen MR) is 175 cm³/mol. The molecule has 3 heterocycles. The van der Waals surface area contributed by atoms with E-state index in [4.69, 9.17) is 14.2 Å². The molecule has 3 aliphatic heterocycles. The molecule has 3 fully saturated rings. The maximum atomic E-state index is 13.1. The Hall–Kier alpha value is -3.81. The second-order valence-electron chi connectivity index (χ2n) is 12.9. The molecule has 2 N–H and O–H groups in total. The minimum atomic E-state index is -5.02. The van der Waals surface area contributed by atoms with E-state index in [1.165, 1.54) is 0 Å². The number of ether oxygens (including phenoxy) is 3. The van der Waals surface area contributed by atoms with Crippen molar-refractivity contribution in [3.8, 4) is 11.1 Å². The molecule has 2 amide bonds. The highest BCUT2D eigenvalue weighted by atomic mass is 19.4. The average Bonchev–Trinajstić information content (AvgIpc) is 3.62. The van der Waals surface area contributed by atoms with Crippen LogP contribution in [0.1, 0.15) is 54.4 Å². The Morgan fingerprint density at radius 2 is 1.61 bits per heavy atom. The topological polar surface area (TPSA) is 101 Å². The van der Waals surface area contributed by atoms with Gasteiger partial charge < -0.3 is 29.5 Å². The molecule has 0 spiro atoms. The molecule has 0 bridgehead atoms. The van der Waals surface area contributed by atoms with Crippen molar-refractivity contribution in [1.82, 2.24) is 15.1 Å². The summed E-state index contributed by atoms with van der Waals surface area (Å²) < 4.78 is 58.0. The number of aliphatic hydroxyl groups is 1. The zero-order valence-electron chi connectivity index (χ0n) is 27.4. The Balaban J connectivity index is 1.17. The minimum Gasteiger partial charge on any atom is -0.392 e. The van der Waals surface area contributed by atoms with Gasteiger partial charge in [0.15, 0.2) is 6.29 Å². The molecule has 6 rings (SSSR count). The van der Waals surface area contributed by atoms with E-state index in [0.717, 1.165) is 53.0 Å². The van der Waals surface area contributed by atoms with Gasteiger partial charge in [0.2, 0.25) is 5.91 Å². The Morgan fingerprint density at radius 3 is 2.31 bits per heavy atom. The normalized spacial score (nSPS) is 24.9. The number of morpholine rings is 1. The van der Waals surface area contributed by atoms with Crippen molar-refractivity contribution in [2.45, 2.75) is 63.6 Å². The largest absolute Gasteiger partial charge is 0.471 e. The number of carbonyl (C=O) groups is 2. The molecule has 0 saturated carbocycles. The molecule has 5 atom stereocenters. The van der Waals surface area contributed by atoms with Crippen LogP contribution in [0.2, 0.25) is 0 Å². The van der Waals surface area contributed by atoms with Crippen LogP contribution in [0.25, 0.3) is 11.1 Å². The summed E-state index contributed by atoms with van der Waals surface area (Å²) in [5.74, 6) is -2.53. The zero-order chi connectivity index (χ0) is 34.5. The van der Waals surface area contributed by atoms with E-state index >= 15 is 0 Å². The minimum absolute atomic E-state index is 0.0311. The van der Waals surface area contributed by atoms with Gasteiger partial charge in [0.05, 0.1) is 32.0 Å². The predicted octanol–water partition coefficient (Wildman–Crippen LogP) is 5.14. The molecule has 49 heavy (non-hydrogen) atoms. The lowest BCUT2D eigenvalue weighted by Crippen LogP contribution is -2.50. The number of rotatable bonds is 9. The number of alkyl halides is 3. The first kappa shape index (κ1) is 35.0. The fraction of sp³-hybridized carbons (Fsp3) is 0.459. The quantitative estimate of drug-likeness (QED) is 0.323. The molecular formula is C37H42F3N3O6. The Kier molecular flexibility index (Phi) is 11.0. The second kappa shape index (κ2) is 15.4. The first-order chi connectivity index (χ1) is 23.6. The van der Waals surface area contributed by atoms with Crippen LogP contribution < -0.4 is 5.32 Å². The summed E-state index contributed by atoms with van der Waals surface area (Å²) in [7, 11) is 0. The number of amides is 2. The Bertz CT molecular complexity index is 1580. The molecule has 5 unspecified atom stereocenters. The molecule has 0 aromatic heterocycles. The monoisotopic (exact) mass is 681 g/mol. The summed E-state index contributed by atoms with van der Waals surface area (Å²) in [6.07, 6.45) is -5.47. The number of hydrogen-bond acceptors (Lipinski definition) is 7. The maximum absolute atomic E-state index is 13.1. The molecule has 262 valence electrons. The summed E-state index contributed by atoms with van der Waals surface area (Å²) in [5, 5.41) is 12.3. The van der Waals surface area contributed by atoms with Gasteiger partial charge in [0.1, 0.15) is 6.04 Å². The van der Waals surface area contributed by atoms with Crippen molar-refractivity contribution in [3.63, 3.8) is 0 Å². The number of carbonyl (C=O) groups excluding carboxylic acids is 2. The number of nitrogens with zero attached hydrogens (tertiary/aromatic N) is 2. The van der Waals surface area contributed by atoms with Crippen LogP contribution in [0.3, 0.4) is 0 Å². The summed E-state index contributed by atoms with van der Waals surface area (Å²) >= 11 is 0. The molecule has 3 aromatic carbocycles. The molecule has 12 heteroatoms. The van der Waals surface area contributed by atoms with E-state index in [1.54, 1.807) is 0 Å². The average molecular weight is 682 g/mol. The van der Waals surface area contributed by atoms with Crippen molar-refractivity contribution in [3.05, 3.63) is 95.1 Å². The second-order valence-corrected chi connectivity index (χ2v) is 12.9. The SMILES string of the molecule is CC1C(CN2CCOCC2)OC(c2ccc(-c3ccccc3CNC(=O)C3CCCN3C(=O)C(F)(F)F)cc2)OC1c1ccc(CO)cc1. The number of nitrogens with one attached hydrogen (secondary N) is 1. The lowest BCUT2D eigenvalue weighted by Gasteiger charge is -2.43. The molecule has 3 saturated heterocycles. The van der Waals surface area contributed by atoms with Crippen molar-refractivity contribution < 1.29 is 42.1 Å². The number of hydrogen-bond donors (Lipinski definition) is 2. The van der Waals surface area contributed by atoms with Gasteiger partial charge in [-0.15, -0.1) is 0 Å². The Morgan fingerprint density at radius 1 is 0.918 bits per heavy atom. The number of benzene rings is 3. The van der Waals surface area contributed by atoms with E-state index in [-0.39, 0.29) is 44.2 Å². The lowest BCUT2D eigenvalue weighted by molar-refractivity contribution is -0.277. The van der Waals surface area contributed by atoms with Gasteiger partial charge in [-0.25, -0.2) is 0 Å². The van der Waals surface area contributed by atoms with Gasteiger partial charge in [0, 0.05) is 44.2 Å². The highest BCUT2D eigenvalue weighted by molar-refractivity contribution is 5.90. The van der Waals surface area contributed by atoms with Gasteiger partial charge in [-0.3, -0.25) is 14.5 Å². The smallest absolute Gasteiger partial charge is 0.392 e. The van der Waals surface area contributed by atoms with Crippen LogP contribution in [0.4, 0.5) is 13.2 Å². The third-order valence-electron chi connectivity index (χ3n) is 9.69. The summed E-state index contributed by atoms with van der Waals surface area (Å²) in [6, 6.07) is 22.0. The van der Waals surface area contributed by atoms with Gasteiger partial charge in [-0.05, 0) is 40.7 Å². The third-order valence-corrected chi connectivity index (χ3v) is 9.69. The van der Waals surface area contributed by atoms with Crippen molar-refractivity contribution in [2.75, 3.05) is 39.4 Å². The zero-order valence-corrected chi connectivity index (χ0v) is 27.4. The summed E-state index contributed by atoms with van der Waals surface area (Å²) in [4.78, 5) is 27.8. The molecule has 0 aliphatic carbocycles. The highest BCUT2D eigenvalue weighted by Crippen LogP contribution is 2.42. The fourth-order valence-electron chi connectivity index (χ4n) is 6.89. The van der Waals surface area contributed by atoms with Crippen LogP contribution in [0.15, 0.2) is 72.8 Å². The van der Waals surface area contributed by atoms with Gasteiger partial charge >= 0.3 is 12.1 Å². The summed E-state index contributed by atoms with van der Waals surface area (Å²) in [6.45, 7) is 5.91. The Labute approximate surface area is 283 Å². The number of likely N-dealkylation sites (tertiary alicyclic amines) is 1. The molecule has 9 nitrogen and oxygen atoms in total. The van der Waals surface area contributed by atoms with Crippen LogP contribution >= 0.6 is 0 Å². The molecule has 0 radical (unpaired) electrons. The lowest BCUT2D eigenvalue weighted by atomic mass is 9.90. The number of halogens is 3. The fourth-order valence-corrected chi connectivity index (χ4v) is 6.89. The molecular weight excluding hydrogens is 639 g/mol. The van der Waals surface area contributed by atoms with E-state index < -0.39 is 30.3 Å². The van der Waals surface area contributed by atoms with E-state index in [9.17, 15) is 27.9 Å². The maximum Gasteiger partial charge on any atom is 0.471 e. The van der Waals surface area contributed by atoms with E-state index in [2.05, 4.69) is 17.1 Å². The first-order valence-electron chi connectivity index (χ1n) is 16.8.